The van der Waals surface area contributed by atoms with Crippen LogP contribution in [0.25, 0.3) is 0 Å². The Hall–Kier alpha value is -2.22. The van der Waals surface area contributed by atoms with E-state index in [9.17, 15) is 19.7 Å². The highest BCUT2D eigenvalue weighted by molar-refractivity contribution is 5.81. The topological polar surface area (TPSA) is 116 Å². The largest absolute Gasteiger partial charge is 0.455 e. The predicted molar refractivity (Wildman–Crippen MR) is 59.1 cm³/mol. The summed E-state index contributed by atoms with van der Waals surface area (Å²) in [6.45, 7) is 3.78. The number of nitrogens with zero attached hydrogens (tertiary/aromatic N) is 1. The average molecular weight is 259 g/mol. The summed E-state index contributed by atoms with van der Waals surface area (Å²) < 4.78 is 9.00. The maximum atomic E-state index is 10.9. The SMILES string of the molecule is C=CC(=O)OCC(CO)(COC(=O)C=C)[N+](=O)[O-]. The maximum absolute atomic E-state index is 10.9. The summed E-state index contributed by atoms with van der Waals surface area (Å²) in [4.78, 5) is 31.6. The zero-order chi connectivity index (χ0) is 14.2. The number of carbonyl (C=O) groups is 2. The molecule has 0 atom stereocenters. The van der Waals surface area contributed by atoms with Gasteiger partial charge in [0.05, 0.1) is 0 Å². The van der Waals surface area contributed by atoms with Crippen molar-refractivity contribution in [3.63, 3.8) is 0 Å². The second-order valence-electron chi connectivity index (χ2n) is 3.26. The summed E-state index contributed by atoms with van der Waals surface area (Å²) in [5.41, 5.74) is -2.10. The van der Waals surface area contributed by atoms with Crippen LogP contribution in [0.5, 0.6) is 0 Å². The van der Waals surface area contributed by atoms with Gasteiger partial charge in [0.2, 0.25) is 0 Å². The lowest BCUT2D eigenvalue weighted by atomic mass is 10.1. The van der Waals surface area contributed by atoms with Crippen molar-refractivity contribution in [2.45, 2.75) is 5.54 Å². The predicted octanol–water partition coefficient (Wildman–Crippen LogP) is -0.547. The molecule has 0 fully saturated rings. The molecule has 0 aliphatic rings. The van der Waals surface area contributed by atoms with E-state index >= 15 is 0 Å². The minimum Gasteiger partial charge on any atom is -0.455 e. The van der Waals surface area contributed by atoms with Gasteiger partial charge < -0.3 is 14.6 Å². The van der Waals surface area contributed by atoms with Crippen LogP contribution in [-0.4, -0.2) is 47.3 Å². The summed E-state index contributed by atoms with van der Waals surface area (Å²) in [5.74, 6) is -1.77. The van der Waals surface area contributed by atoms with Gasteiger partial charge in [0.1, 0.15) is 6.61 Å². The minimum atomic E-state index is -2.10. The van der Waals surface area contributed by atoms with Crippen molar-refractivity contribution in [1.29, 1.82) is 0 Å². The van der Waals surface area contributed by atoms with Crippen molar-refractivity contribution in [3.8, 4) is 0 Å². The van der Waals surface area contributed by atoms with Crippen LogP contribution in [0.1, 0.15) is 0 Å². The molecule has 8 heteroatoms. The molecule has 0 spiro atoms. The summed E-state index contributed by atoms with van der Waals surface area (Å²) >= 11 is 0. The molecule has 0 aliphatic heterocycles. The molecule has 100 valence electrons. The number of aliphatic hydroxyl groups excluding tert-OH is 1. The molecule has 0 rings (SSSR count). The number of carbonyl (C=O) groups excluding carboxylic acids is 2. The van der Waals surface area contributed by atoms with Gasteiger partial charge in [-0.3, -0.25) is 10.1 Å². The van der Waals surface area contributed by atoms with E-state index in [0.29, 0.717) is 0 Å². The third kappa shape index (κ3) is 4.34. The van der Waals surface area contributed by atoms with E-state index in [4.69, 9.17) is 5.11 Å². The first-order valence-corrected chi connectivity index (χ1v) is 4.75. The molecule has 1 N–H and O–H groups in total. The van der Waals surface area contributed by atoms with E-state index in [0.717, 1.165) is 12.2 Å². The number of hydrogen-bond donors (Lipinski definition) is 1. The highest BCUT2D eigenvalue weighted by Gasteiger charge is 2.45. The minimum absolute atomic E-state index is 0.744. The van der Waals surface area contributed by atoms with Crippen molar-refractivity contribution in [1.82, 2.24) is 0 Å². The Balaban J connectivity index is 4.75. The lowest BCUT2D eigenvalue weighted by Gasteiger charge is -2.21. The molecular weight excluding hydrogens is 246 g/mol. The van der Waals surface area contributed by atoms with Crippen LogP contribution in [0, 0.1) is 10.1 Å². The Morgan fingerprint density at radius 1 is 1.22 bits per heavy atom. The summed E-state index contributed by atoms with van der Waals surface area (Å²) in [5, 5.41) is 19.9. The fourth-order valence-electron chi connectivity index (χ4n) is 0.825. The maximum Gasteiger partial charge on any atom is 0.330 e. The first-order valence-electron chi connectivity index (χ1n) is 4.75. The number of nitro groups is 1. The molecule has 0 bridgehead atoms. The molecule has 0 aromatic carbocycles. The first kappa shape index (κ1) is 15.8. The molecule has 0 saturated heterocycles. The van der Waals surface area contributed by atoms with E-state index in [1.165, 1.54) is 0 Å². The smallest absolute Gasteiger partial charge is 0.330 e. The first-order chi connectivity index (χ1) is 8.41. The van der Waals surface area contributed by atoms with E-state index < -0.39 is 42.2 Å². The van der Waals surface area contributed by atoms with Crippen LogP contribution in [0.2, 0.25) is 0 Å². The monoisotopic (exact) mass is 259 g/mol. The Morgan fingerprint density at radius 2 is 1.61 bits per heavy atom. The molecule has 0 aromatic rings. The van der Waals surface area contributed by atoms with E-state index in [1.54, 1.807) is 0 Å². The molecule has 0 aliphatic carbocycles. The van der Waals surface area contributed by atoms with Crippen molar-refractivity contribution in [2.24, 2.45) is 0 Å². The molecule has 0 heterocycles. The molecule has 0 unspecified atom stereocenters. The zero-order valence-electron chi connectivity index (χ0n) is 9.53. The van der Waals surface area contributed by atoms with Gasteiger partial charge >= 0.3 is 17.5 Å². The number of hydrogen-bond acceptors (Lipinski definition) is 7. The molecule has 8 nitrogen and oxygen atoms in total. The second-order valence-corrected chi connectivity index (χ2v) is 3.26. The standard InChI is InChI=1S/C10H13NO7/c1-3-8(13)17-6-10(5-12,11(15)16)7-18-9(14)4-2/h3-4,12H,1-2,5-7H2. The third-order valence-corrected chi connectivity index (χ3v) is 1.98. The highest BCUT2D eigenvalue weighted by atomic mass is 16.6. The summed E-state index contributed by atoms with van der Waals surface area (Å²) in [6, 6.07) is 0. The van der Waals surface area contributed by atoms with Crippen LogP contribution < -0.4 is 0 Å². The van der Waals surface area contributed by atoms with Crippen LogP contribution in [0.3, 0.4) is 0 Å². The van der Waals surface area contributed by atoms with Gasteiger partial charge in [0.15, 0.2) is 13.2 Å². The van der Waals surface area contributed by atoms with Crippen molar-refractivity contribution >= 4 is 11.9 Å². The van der Waals surface area contributed by atoms with Gasteiger partial charge in [-0.25, -0.2) is 9.59 Å². The third-order valence-electron chi connectivity index (χ3n) is 1.98. The molecule has 0 radical (unpaired) electrons. The molecular formula is C10H13NO7. The number of rotatable bonds is 8. The fraction of sp³-hybridized carbons (Fsp3) is 0.400. The van der Waals surface area contributed by atoms with Crippen molar-refractivity contribution in [2.75, 3.05) is 19.8 Å². The van der Waals surface area contributed by atoms with Gasteiger partial charge in [-0.2, -0.15) is 0 Å². The van der Waals surface area contributed by atoms with E-state index in [-0.39, 0.29) is 0 Å². The van der Waals surface area contributed by atoms with Gasteiger partial charge in [-0.15, -0.1) is 0 Å². The Bertz CT molecular complexity index is 339. The zero-order valence-corrected chi connectivity index (χ0v) is 9.53. The fourth-order valence-corrected chi connectivity index (χ4v) is 0.825. The second kappa shape index (κ2) is 7.17. The summed E-state index contributed by atoms with van der Waals surface area (Å²) in [7, 11) is 0. The van der Waals surface area contributed by atoms with Gasteiger partial charge in [-0.1, -0.05) is 13.2 Å². The Labute approximate surface area is 103 Å². The number of ether oxygens (including phenoxy) is 2. The average Bonchev–Trinajstić information content (AvgIpc) is 2.38. The molecule has 0 amide bonds. The lowest BCUT2D eigenvalue weighted by Crippen LogP contribution is -2.51. The van der Waals surface area contributed by atoms with E-state index in [1.807, 2.05) is 0 Å². The Morgan fingerprint density at radius 3 is 1.83 bits per heavy atom. The number of aliphatic hydroxyl groups is 1. The summed E-state index contributed by atoms with van der Waals surface area (Å²) in [6.07, 6.45) is 1.63. The van der Waals surface area contributed by atoms with Crippen LogP contribution in [0.15, 0.2) is 25.3 Å². The van der Waals surface area contributed by atoms with Crippen LogP contribution in [0.4, 0.5) is 0 Å². The van der Waals surface area contributed by atoms with Gasteiger partial charge in [0.25, 0.3) is 0 Å². The van der Waals surface area contributed by atoms with Gasteiger partial charge in [-0.05, 0) is 0 Å². The molecule has 0 aromatic heterocycles. The van der Waals surface area contributed by atoms with Crippen molar-refractivity contribution in [3.05, 3.63) is 35.4 Å². The van der Waals surface area contributed by atoms with Crippen LogP contribution in [-0.2, 0) is 19.1 Å². The molecule has 0 saturated carbocycles. The Kier molecular flexibility index (Phi) is 6.29. The lowest BCUT2D eigenvalue weighted by molar-refractivity contribution is -0.579. The molecule has 18 heavy (non-hydrogen) atoms. The quantitative estimate of drug-likeness (QED) is 0.269. The van der Waals surface area contributed by atoms with Crippen LogP contribution >= 0.6 is 0 Å². The highest BCUT2D eigenvalue weighted by Crippen LogP contribution is 2.12. The normalized spacial score (nSPS) is 10.3. The number of esters is 2. The van der Waals surface area contributed by atoms with Gasteiger partial charge in [0, 0.05) is 17.1 Å². The van der Waals surface area contributed by atoms with E-state index in [2.05, 4.69) is 22.6 Å². The van der Waals surface area contributed by atoms with Crippen molar-refractivity contribution < 1.29 is 29.1 Å².